The predicted octanol–water partition coefficient (Wildman–Crippen LogP) is 2.32. The minimum Gasteiger partial charge on any atom is -0.481 e. The molecule has 1 aliphatic rings. The number of likely N-dealkylation sites (tertiary alicyclic amines) is 1. The molecule has 1 saturated heterocycles. The number of aromatic nitrogens is 3. The van der Waals surface area contributed by atoms with Crippen LogP contribution < -0.4 is 0 Å². The molecule has 2 aromatic heterocycles. The first-order valence-corrected chi connectivity index (χ1v) is 8.48. The molecule has 1 N–H and O–H groups in total. The van der Waals surface area contributed by atoms with E-state index in [1.54, 1.807) is 21.7 Å². The van der Waals surface area contributed by atoms with Crippen molar-refractivity contribution in [3.8, 4) is 0 Å². The fourth-order valence-electron chi connectivity index (χ4n) is 3.38. The molecule has 2 atom stereocenters. The number of hydrogen-bond acceptors (Lipinski definition) is 4. The summed E-state index contributed by atoms with van der Waals surface area (Å²) in [6.07, 6.45) is 4.63. The lowest BCUT2D eigenvalue weighted by molar-refractivity contribution is -0.141. The Labute approximate surface area is 153 Å². The van der Waals surface area contributed by atoms with Gasteiger partial charge in [0.2, 0.25) is 5.78 Å². The zero-order chi connectivity index (χ0) is 18.3. The smallest absolute Gasteiger partial charge is 0.308 e. The Morgan fingerprint density at radius 1 is 1.15 bits per heavy atom. The molecular formula is C18H15ClN4O3. The van der Waals surface area contributed by atoms with Crippen LogP contribution in [0.1, 0.15) is 22.0 Å². The van der Waals surface area contributed by atoms with Gasteiger partial charge in [-0.3, -0.25) is 14.0 Å². The molecule has 8 heteroatoms. The Morgan fingerprint density at radius 2 is 1.92 bits per heavy atom. The van der Waals surface area contributed by atoms with E-state index >= 15 is 0 Å². The zero-order valence-corrected chi connectivity index (χ0v) is 14.4. The number of carbonyl (C=O) groups excluding carboxylic acids is 1. The molecule has 0 spiro atoms. The fraction of sp³-hybridized carbons (Fsp3) is 0.222. The molecular weight excluding hydrogens is 356 g/mol. The van der Waals surface area contributed by atoms with Gasteiger partial charge >= 0.3 is 5.97 Å². The van der Waals surface area contributed by atoms with Crippen LogP contribution in [0.15, 0.2) is 48.9 Å². The van der Waals surface area contributed by atoms with E-state index in [0.717, 1.165) is 5.56 Å². The van der Waals surface area contributed by atoms with Crippen molar-refractivity contribution >= 4 is 29.3 Å². The standard InChI is InChI=1S/C18H15ClN4O3/c19-12-6-20-18-21-15(10-23(18)7-12)16(24)22-8-13(14(9-22)17(25)26)11-4-2-1-3-5-11/h1-7,10,13-14H,8-9H2,(H,25,26)/t13-,14+/m0/s1. The molecule has 3 heterocycles. The Bertz CT molecular complexity index is 989. The van der Waals surface area contributed by atoms with Gasteiger partial charge in [0, 0.05) is 31.4 Å². The Morgan fingerprint density at radius 3 is 2.65 bits per heavy atom. The third kappa shape index (κ3) is 2.90. The average molecular weight is 371 g/mol. The summed E-state index contributed by atoms with van der Waals surface area (Å²) >= 11 is 5.90. The van der Waals surface area contributed by atoms with Crippen molar-refractivity contribution in [3.05, 3.63) is 65.2 Å². The zero-order valence-electron chi connectivity index (χ0n) is 13.6. The maximum Gasteiger partial charge on any atom is 0.308 e. The maximum atomic E-state index is 12.8. The molecule has 0 bridgehead atoms. The minimum absolute atomic E-state index is 0.149. The SMILES string of the molecule is O=C(O)[C@@H]1CN(C(=O)c2cn3cc(Cl)cnc3n2)C[C@H]1c1ccccc1. The van der Waals surface area contributed by atoms with Crippen molar-refractivity contribution in [2.75, 3.05) is 13.1 Å². The van der Waals surface area contributed by atoms with Gasteiger partial charge in [-0.1, -0.05) is 41.9 Å². The summed E-state index contributed by atoms with van der Waals surface area (Å²) in [6.45, 7) is 0.484. The molecule has 4 rings (SSSR count). The molecule has 1 aromatic carbocycles. The highest BCUT2D eigenvalue weighted by molar-refractivity contribution is 6.30. The van der Waals surface area contributed by atoms with Crippen LogP contribution in [0.3, 0.4) is 0 Å². The number of halogens is 1. The lowest BCUT2D eigenvalue weighted by atomic mass is 9.89. The number of benzene rings is 1. The van der Waals surface area contributed by atoms with E-state index in [2.05, 4.69) is 9.97 Å². The molecule has 0 aliphatic carbocycles. The highest BCUT2D eigenvalue weighted by Gasteiger charge is 2.41. The van der Waals surface area contributed by atoms with Gasteiger partial charge in [0.15, 0.2) is 0 Å². The molecule has 0 saturated carbocycles. The topological polar surface area (TPSA) is 87.8 Å². The molecule has 3 aromatic rings. The van der Waals surface area contributed by atoms with Crippen LogP contribution in [0, 0.1) is 5.92 Å². The van der Waals surface area contributed by atoms with E-state index in [0.29, 0.717) is 17.3 Å². The molecule has 1 fully saturated rings. The second kappa shape index (κ2) is 6.42. The lowest BCUT2D eigenvalue weighted by Crippen LogP contribution is -2.30. The molecule has 1 aliphatic heterocycles. The van der Waals surface area contributed by atoms with Crippen LogP contribution in [0.2, 0.25) is 5.02 Å². The van der Waals surface area contributed by atoms with Crippen molar-refractivity contribution in [2.24, 2.45) is 5.92 Å². The monoisotopic (exact) mass is 370 g/mol. The summed E-state index contributed by atoms with van der Waals surface area (Å²) < 4.78 is 1.58. The largest absolute Gasteiger partial charge is 0.481 e. The van der Waals surface area contributed by atoms with Gasteiger partial charge in [-0.05, 0) is 5.56 Å². The van der Waals surface area contributed by atoms with Gasteiger partial charge in [-0.25, -0.2) is 9.97 Å². The van der Waals surface area contributed by atoms with E-state index < -0.39 is 11.9 Å². The average Bonchev–Trinajstić information content (AvgIpc) is 3.26. The molecule has 26 heavy (non-hydrogen) atoms. The number of fused-ring (bicyclic) bond motifs is 1. The summed E-state index contributed by atoms with van der Waals surface area (Å²) in [5.74, 6) is -1.74. The van der Waals surface area contributed by atoms with Crippen LogP contribution in [-0.2, 0) is 4.79 Å². The second-order valence-corrected chi connectivity index (χ2v) is 6.71. The predicted molar refractivity (Wildman–Crippen MR) is 94.2 cm³/mol. The number of nitrogens with zero attached hydrogens (tertiary/aromatic N) is 4. The van der Waals surface area contributed by atoms with Crippen LogP contribution >= 0.6 is 11.6 Å². The van der Waals surface area contributed by atoms with Gasteiger partial charge in [-0.2, -0.15) is 0 Å². The summed E-state index contributed by atoms with van der Waals surface area (Å²) in [6, 6.07) is 9.41. The molecule has 0 unspecified atom stereocenters. The third-order valence-corrected chi connectivity index (χ3v) is 4.84. The Kier molecular flexibility index (Phi) is 4.08. The van der Waals surface area contributed by atoms with E-state index in [9.17, 15) is 14.7 Å². The number of hydrogen-bond donors (Lipinski definition) is 1. The lowest BCUT2D eigenvalue weighted by Gasteiger charge is -2.15. The first kappa shape index (κ1) is 16.5. The van der Waals surface area contributed by atoms with Crippen LogP contribution in [-0.4, -0.2) is 49.3 Å². The molecule has 0 radical (unpaired) electrons. The van der Waals surface area contributed by atoms with Crippen LogP contribution in [0.5, 0.6) is 0 Å². The van der Waals surface area contributed by atoms with Crippen LogP contribution in [0.4, 0.5) is 0 Å². The minimum atomic E-state index is -0.905. The number of amides is 1. The number of rotatable bonds is 3. The van der Waals surface area contributed by atoms with Crippen molar-refractivity contribution in [1.82, 2.24) is 19.3 Å². The maximum absolute atomic E-state index is 12.8. The van der Waals surface area contributed by atoms with Crippen LogP contribution in [0.25, 0.3) is 5.78 Å². The number of carboxylic acids is 1. The van der Waals surface area contributed by atoms with Crippen molar-refractivity contribution in [2.45, 2.75) is 5.92 Å². The number of carbonyl (C=O) groups is 2. The first-order chi connectivity index (χ1) is 12.5. The highest BCUT2D eigenvalue weighted by atomic mass is 35.5. The van der Waals surface area contributed by atoms with E-state index in [1.165, 1.54) is 6.20 Å². The molecule has 132 valence electrons. The van der Waals surface area contributed by atoms with Gasteiger partial charge in [0.05, 0.1) is 17.1 Å². The normalized spacial score (nSPS) is 19.8. The van der Waals surface area contributed by atoms with Gasteiger partial charge in [0.25, 0.3) is 5.91 Å². The third-order valence-electron chi connectivity index (χ3n) is 4.65. The highest BCUT2D eigenvalue weighted by Crippen LogP contribution is 2.33. The van der Waals surface area contributed by atoms with Gasteiger partial charge in [-0.15, -0.1) is 0 Å². The van der Waals surface area contributed by atoms with Crippen molar-refractivity contribution in [3.63, 3.8) is 0 Å². The summed E-state index contributed by atoms with van der Waals surface area (Å²) in [5, 5.41) is 10.0. The van der Waals surface area contributed by atoms with Gasteiger partial charge < -0.3 is 10.0 Å². The Balaban J connectivity index is 1.62. The first-order valence-electron chi connectivity index (χ1n) is 8.10. The fourth-order valence-corrected chi connectivity index (χ4v) is 3.54. The van der Waals surface area contributed by atoms with E-state index in [1.807, 2.05) is 30.3 Å². The number of aliphatic carboxylic acids is 1. The number of imidazole rings is 1. The number of carboxylic acid groups (broad SMARTS) is 1. The van der Waals surface area contributed by atoms with E-state index in [-0.39, 0.29) is 24.1 Å². The Hall–Kier alpha value is -2.93. The van der Waals surface area contributed by atoms with Crippen molar-refractivity contribution < 1.29 is 14.7 Å². The molecule has 1 amide bonds. The summed E-state index contributed by atoms with van der Waals surface area (Å²) in [7, 11) is 0. The summed E-state index contributed by atoms with van der Waals surface area (Å²) in [4.78, 5) is 34.4. The van der Waals surface area contributed by atoms with Crippen molar-refractivity contribution in [1.29, 1.82) is 0 Å². The van der Waals surface area contributed by atoms with E-state index in [4.69, 9.17) is 11.6 Å². The summed E-state index contributed by atoms with van der Waals surface area (Å²) in [5.41, 5.74) is 1.14. The quantitative estimate of drug-likeness (QED) is 0.764. The van der Waals surface area contributed by atoms with Gasteiger partial charge in [0.1, 0.15) is 5.69 Å². The second-order valence-electron chi connectivity index (χ2n) is 6.28. The molecule has 7 nitrogen and oxygen atoms in total.